The van der Waals surface area contributed by atoms with Gasteiger partial charge in [0, 0.05) is 80.0 Å². The van der Waals surface area contributed by atoms with E-state index in [0.717, 1.165) is 69.5 Å². The SMILES string of the molecule is CCc1cc(Nc2ncc(Br)c(Nc3ccc4nccnc4c3P(C)(C)=S)n2)c(OC)cc1N1CCC(N2C[C@H]3C[C@@H]2CN3C)CC1. The summed E-state index contributed by atoms with van der Waals surface area (Å²) in [7, 11) is 4.00. The summed E-state index contributed by atoms with van der Waals surface area (Å²) < 4.78 is 6.67. The van der Waals surface area contributed by atoms with Crippen LogP contribution in [0.15, 0.2) is 47.3 Å². The van der Waals surface area contributed by atoms with E-state index < -0.39 is 6.04 Å². The Labute approximate surface area is 290 Å². The second-order valence-corrected chi connectivity index (χ2v) is 20.1. The highest BCUT2D eigenvalue weighted by atomic mass is 79.9. The first-order valence-corrected chi connectivity index (χ1v) is 20.9. The minimum atomic E-state index is -1.90. The van der Waals surface area contributed by atoms with Gasteiger partial charge in [-0.3, -0.25) is 14.9 Å². The highest BCUT2D eigenvalue weighted by Gasteiger charge is 2.44. The maximum Gasteiger partial charge on any atom is 0.229 e. The lowest BCUT2D eigenvalue weighted by molar-refractivity contribution is 0.0929. The number of methoxy groups -OCH3 is 1. The average Bonchev–Trinajstić information content (AvgIpc) is 3.65. The molecule has 2 atom stereocenters. The third-order valence-corrected chi connectivity index (χ3v) is 12.7. The Kier molecular flexibility index (Phi) is 9.17. The van der Waals surface area contributed by atoms with Gasteiger partial charge in [0.05, 0.1) is 34.0 Å². The van der Waals surface area contributed by atoms with Gasteiger partial charge in [0.15, 0.2) is 0 Å². The molecule has 10 nitrogen and oxygen atoms in total. The van der Waals surface area contributed by atoms with Crippen LogP contribution in [0.3, 0.4) is 0 Å². The Hall–Kier alpha value is -2.89. The van der Waals surface area contributed by atoms with Gasteiger partial charge in [-0.05, 0) is 91.8 Å². The summed E-state index contributed by atoms with van der Waals surface area (Å²) >= 11 is 9.65. The number of benzene rings is 2. The van der Waals surface area contributed by atoms with Gasteiger partial charge in [-0.15, -0.1) is 0 Å². The molecule has 0 aliphatic carbocycles. The van der Waals surface area contributed by atoms with Crippen LogP contribution in [-0.2, 0) is 18.2 Å². The Morgan fingerprint density at radius 1 is 1.00 bits per heavy atom. The molecule has 13 heteroatoms. The fourth-order valence-electron chi connectivity index (χ4n) is 7.67. The van der Waals surface area contributed by atoms with Crippen LogP contribution in [0.4, 0.5) is 28.8 Å². The number of likely N-dealkylation sites (N-methyl/N-ethyl adjacent to an activating group) is 1. The van der Waals surface area contributed by atoms with Crippen LogP contribution < -0.4 is 25.6 Å². The van der Waals surface area contributed by atoms with E-state index >= 15 is 0 Å². The van der Waals surface area contributed by atoms with Crippen LogP contribution in [-0.4, -0.2) is 102 Å². The zero-order valence-corrected chi connectivity index (χ0v) is 31.0. The minimum Gasteiger partial charge on any atom is -0.494 e. The number of piperazine rings is 1. The van der Waals surface area contributed by atoms with Crippen LogP contribution in [0.2, 0.25) is 0 Å². The summed E-state index contributed by atoms with van der Waals surface area (Å²) in [5.74, 6) is 1.86. The molecule has 3 aliphatic rings. The number of aromatic nitrogens is 4. The molecule has 2 aromatic heterocycles. The first-order valence-electron chi connectivity index (χ1n) is 16.4. The van der Waals surface area contributed by atoms with Crippen molar-refractivity contribution in [2.24, 2.45) is 0 Å². The van der Waals surface area contributed by atoms with E-state index in [4.69, 9.17) is 21.5 Å². The van der Waals surface area contributed by atoms with Crippen LogP contribution in [0.5, 0.6) is 5.75 Å². The lowest BCUT2D eigenvalue weighted by Gasteiger charge is -2.43. The van der Waals surface area contributed by atoms with E-state index in [-0.39, 0.29) is 0 Å². The van der Waals surface area contributed by atoms with Crippen molar-refractivity contribution >= 4 is 78.9 Å². The van der Waals surface area contributed by atoms with Gasteiger partial charge in [-0.25, -0.2) is 4.98 Å². The number of fused-ring (bicyclic) bond motifs is 3. The quantitative estimate of drug-likeness (QED) is 0.200. The number of halogens is 1. The van der Waals surface area contributed by atoms with Crippen molar-refractivity contribution in [1.82, 2.24) is 29.7 Å². The third kappa shape index (κ3) is 6.47. The number of rotatable bonds is 9. The first kappa shape index (κ1) is 32.6. The molecule has 4 aromatic rings. The van der Waals surface area contributed by atoms with Crippen molar-refractivity contribution in [3.05, 3.63) is 52.9 Å². The molecule has 7 rings (SSSR count). The smallest absolute Gasteiger partial charge is 0.229 e. The molecule has 3 saturated heterocycles. The summed E-state index contributed by atoms with van der Waals surface area (Å²) in [6.45, 7) is 11.0. The molecule has 5 heterocycles. The summed E-state index contributed by atoms with van der Waals surface area (Å²) in [6, 6.07) is 8.63. The molecule has 0 saturated carbocycles. The van der Waals surface area contributed by atoms with Crippen LogP contribution in [0.25, 0.3) is 11.0 Å². The lowest BCUT2D eigenvalue weighted by Crippen LogP contribution is -2.52. The molecule has 0 unspecified atom stereocenters. The number of ether oxygens (including phenoxy) is 1. The Bertz CT molecular complexity index is 1840. The molecule has 3 aliphatic heterocycles. The molecular weight excluding hydrogens is 693 g/mol. The monoisotopic (exact) mass is 735 g/mol. The number of nitrogens with zero attached hydrogens (tertiary/aromatic N) is 7. The second-order valence-electron chi connectivity index (χ2n) is 13.3. The number of hydrogen-bond acceptors (Lipinski definition) is 11. The Morgan fingerprint density at radius 2 is 1.79 bits per heavy atom. The molecule has 2 bridgehead atoms. The first-order chi connectivity index (χ1) is 22.6. The van der Waals surface area contributed by atoms with Crippen molar-refractivity contribution in [3.8, 4) is 5.75 Å². The molecule has 2 aromatic carbocycles. The van der Waals surface area contributed by atoms with E-state index in [9.17, 15) is 0 Å². The fourth-order valence-corrected chi connectivity index (χ4v) is 9.91. The van der Waals surface area contributed by atoms with Gasteiger partial charge in [0.25, 0.3) is 0 Å². The number of anilines is 5. The number of hydrogen-bond donors (Lipinski definition) is 2. The van der Waals surface area contributed by atoms with E-state index in [1.807, 2.05) is 12.1 Å². The molecule has 3 fully saturated rings. The molecule has 2 N–H and O–H groups in total. The molecule has 0 amide bonds. The second kappa shape index (κ2) is 13.2. The summed E-state index contributed by atoms with van der Waals surface area (Å²) in [4.78, 5) is 26.5. The Morgan fingerprint density at radius 3 is 2.47 bits per heavy atom. The number of nitrogens with one attached hydrogen (secondary N) is 2. The molecule has 248 valence electrons. The van der Waals surface area contributed by atoms with E-state index in [1.165, 1.54) is 43.6 Å². The maximum absolute atomic E-state index is 6.01. The summed E-state index contributed by atoms with van der Waals surface area (Å²) in [6.07, 6.45) is 9.84. The molecule has 47 heavy (non-hydrogen) atoms. The molecule has 0 spiro atoms. The lowest BCUT2D eigenvalue weighted by atomic mass is 9.99. The van der Waals surface area contributed by atoms with Crippen LogP contribution in [0, 0.1) is 0 Å². The van der Waals surface area contributed by atoms with Gasteiger partial charge < -0.3 is 25.2 Å². The zero-order valence-electron chi connectivity index (χ0n) is 27.7. The third-order valence-electron chi connectivity index (χ3n) is 10.0. The van der Waals surface area contributed by atoms with Gasteiger partial charge >= 0.3 is 0 Å². The highest BCUT2D eigenvalue weighted by Crippen LogP contribution is 2.42. The average molecular weight is 737 g/mol. The van der Waals surface area contributed by atoms with Crippen molar-refractivity contribution in [2.45, 2.75) is 50.7 Å². The Balaban J connectivity index is 1.11. The van der Waals surface area contributed by atoms with Crippen molar-refractivity contribution in [2.75, 3.05) is 69.2 Å². The van der Waals surface area contributed by atoms with Gasteiger partial charge in [0.2, 0.25) is 5.95 Å². The molecular formula is C34H43BrN9OPS. The van der Waals surface area contributed by atoms with E-state index in [2.05, 4.69) is 95.6 Å². The van der Waals surface area contributed by atoms with Crippen LogP contribution >= 0.6 is 22.0 Å². The van der Waals surface area contributed by atoms with Gasteiger partial charge in [-0.1, -0.05) is 18.7 Å². The van der Waals surface area contributed by atoms with Crippen molar-refractivity contribution in [1.29, 1.82) is 0 Å². The van der Waals surface area contributed by atoms with E-state index in [1.54, 1.807) is 25.7 Å². The van der Waals surface area contributed by atoms with Gasteiger partial charge in [0.1, 0.15) is 11.6 Å². The number of likely N-dealkylation sites (tertiary alicyclic amines) is 2. The predicted octanol–water partition coefficient (Wildman–Crippen LogP) is 5.96. The highest BCUT2D eigenvalue weighted by molar-refractivity contribution is 9.10. The summed E-state index contributed by atoms with van der Waals surface area (Å²) in [5, 5.41) is 7.97. The number of piperidine rings is 1. The predicted molar refractivity (Wildman–Crippen MR) is 201 cm³/mol. The zero-order chi connectivity index (χ0) is 32.9. The minimum absolute atomic E-state index is 0.463. The van der Waals surface area contributed by atoms with Crippen molar-refractivity contribution < 1.29 is 4.74 Å². The molecule has 0 radical (unpaired) electrons. The number of aryl methyl sites for hydroxylation is 1. The van der Waals surface area contributed by atoms with Crippen molar-refractivity contribution in [3.63, 3.8) is 0 Å². The standard InChI is InChI=1S/C34H43BrN9OPS/c1-6-21-15-28(30(45-3)17-29(21)43-13-9-22(10-14-43)44-20-23-16-24(44)19-42(23)2)40-34-38-18-25(35)33(41-34)39-27-8-7-26-31(37-12-11-36-26)32(27)46(4,5)47/h7-8,11-12,15,17-18,22-24H,6,9-10,13-14,16,19-20H2,1-5H3,(H2,38,39,40,41)/t23-,24-/m1/s1. The van der Waals surface area contributed by atoms with Crippen LogP contribution in [0.1, 0.15) is 31.7 Å². The topological polar surface area (TPSA) is 94.6 Å². The van der Waals surface area contributed by atoms with E-state index in [0.29, 0.717) is 17.8 Å². The van der Waals surface area contributed by atoms with Gasteiger partial charge in [-0.2, -0.15) is 4.98 Å². The maximum atomic E-state index is 6.01. The largest absolute Gasteiger partial charge is 0.494 e. The normalized spacial score (nSPS) is 20.7. The summed E-state index contributed by atoms with van der Waals surface area (Å²) in [5.41, 5.74) is 5.91. The fraction of sp³-hybridized carbons (Fsp3) is 0.471.